The molecule has 0 spiro atoms. The molecule has 0 bridgehead atoms. The van der Waals surface area contributed by atoms with E-state index in [1.54, 1.807) is 23.2 Å². The van der Waals surface area contributed by atoms with Crippen molar-refractivity contribution < 1.29 is 9.59 Å². The minimum Gasteiger partial charge on any atom is -0.388 e. The SMILES string of the molecule is NC(=S)c1ncccc1N1CC(=O)NC(=O)C1. The van der Waals surface area contributed by atoms with E-state index >= 15 is 0 Å². The number of piperazine rings is 1. The van der Waals surface area contributed by atoms with Crippen LogP contribution < -0.4 is 16.0 Å². The summed E-state index contributed by atoms with van der Waals surface area (Å²) in [6.07, 6.45) is 1.56. The average molecular weight is 250 g/mol. The first-order valence-corrected chi connectivity index (χ1v) is 5.31. The third-order valence-electron chi connectivity index (χ3n) is 2.31. The van der Waals surface area contributed by atoms with E-state index in [9.17, 15) is 9.59 Å². The van der Waals surface area contributed by atoms with E-state index in [2.05, 4.69) is 10.3 Å². The number of nitrogens with zero attached hydrogens (tertiary/aromatic N) is 2. The van der Waals surface area contributed by atoms with Gasteiger partial charge in [0.05, 0.1) is 18.8 Å². The van der Waals surface area contributed by atoms with Gasteiger partial charge in [0, 0.05) is 6.20 Å². The molecule has 2 amide bonds. The van der Waals surface area contributed by atoms with Gasteiger partial charge in [-0.3, -0.25) is 19.9 Å². The molecule has 0 saturated carbocycles. The monoisotopic (exact) mass is 250 g/mol. The standard InChI is InChI=1S/C10H10N4O2S/c11-10(17)9-6(2-1-3-12-9)14-4-7(15)13-8(16)5-14/h1-3H,4-5H2,(H2,11,17)(H,13,15,16). The van der Waals surface area contributed by atoms with Crippen LogP contribution in [0.1, 0.15) is 5.69 Å². The smallest absolute Gasteiger partial charge is 0.246 e. The maximum atomic E-state index is 11.3. The Hall–Kier alpha value is -2.02. The van der Waals surface area contributed by atoms with E-state index in [4.69, 9.17) is 18.0 Å². The first kappa shape index (κ1) is 11.5. The summed E-state index contributed by atoms with van der Waals surface area (Å²) < 4.78 is 0. The van der Waals surface area contributed by atoms with Gasteiger partial charge in [0.1, 0.15) is 10.7 Å². The lowest BCUT2D eigenvalue weighted by atomic mass is 10.2. The maximum absolute atomic E-state index is 11.3. The van der Waals surface area contributed by atoms with E-state index in [-0.39, 0.29) is 29.9 Å². The predicted octanol–water partition coefficient (Wildman–Crippen LogP) is -0.821. The van der Waals surface area contributed by atoms with Gasteiger partial charge < -0.3 is 10.6 Å². The van der Waals surface area contributed by atoms with Crippen molar-refractivity contribution in [2.45, 2.75) is 0 Å². The highest BCUT2D eigenvalue weighted by Crippen LogP contribution is 2.18. The zero-order valence-electron chi connectivity index (χ0n) is 8.84. The van der Waals surface area contributed by atoms with Crippen LogP contribution in [-0.4, -0.2) is 34.9 Å². The summed E-state index contributed by atoms with van der Waals surface area (Å²) in [5.74, 6) is -0.696. The number of aromatic nitrogens is 1. The summed E-state index contributed by atoms with van der Waals surface area (Å²) in [5, 5.41) is 2.22. The van der Waals surface area contributed by atoms with Crippen molar-refractivity contribution in [1.29, 1.82) is 0 Å². The maximum Gasteiger partial charge on any atom is 0.246 e. The number of nitrogens with one attached hydrogen (secondary N) is 1. The van der Waals surface area contributed by atoms with Crippen LogP contribution in [0.3, 0.4) is 0 Å². The van der Waals surface area contributed by atoms with Crippen molar-refractivity contribution in [3.63, 3.8) is 0 Å². The van der Waals surface area contributed by atoms with Gasteiger partial charge in [0.15, 0.2) is 0 Å². The Labute approximate surface area is 103 Å². The second-order valence-corrected chi connectivity index (χ2v) is 4.00. The Bertz CT molecular complexity index is 487. The molecular formula is C10H10N4O2S. The number of carbonyl (C=O) groups excluding carboxylic acids is 2. The lowest BCUT2D eigenvalue weighted by Gasteiger charge is -2.28. The predicted molar refractivity (Wildman–Crippen MR) is 65.5 cm³/mol. The third-order valence-corrected chi connectivity index (χ3v) is 2.50. The van der Waals surface area contributed by atoms with Crippen molar-refractivity contribution in [2.75, 3.05) is 18.0 Å². The van der Waals surface area contributed by atoms with Crippen LogP contribution in [0.2, 0.25) is 0 Å². The Kier molecular flexibility index (Phi) is 3.01. The van der Waals surface area contributed by atoms with E-state index < -0.39 is 0 Å². The van der Waals surface area contributed by atoms with Crippen LogP contribution in [0.15, 0.2) is 18.3 Å². The number of amides is 2. The molecule has 1 aromatic heterocycles. The molecule has 2 heterocycles. The van der Waals surface area contributed by atoms with Crippen LogP contribution >= 0.6 is 12.2 Å². The highest BCUT2D eigenvalue weighted by Gasteiger charge is 2.24. The molecule has 88 valence electrons. The third kappa shape index (κ3) is 2.39. The van der Waals surface area contributed by atoms with Crippen molar-refractivity contribution in [3.8, 4) is 0 Å². The van der Waals surface area contributed by atoms with Gasteiger partial charge in [-0.25, -0.2) is 0 Å². The molecule has 1 fully saturated rings. The number of imide groups is 1. The first-order valence-electron chi connectivity index (χ1n) is 4.90. The molecule has 17 heavy (non-hydrogen) atoms. The number of hydrogen-bond donors (Lipinski definition) is 2. The highest BCUT2D eigenvalue weighted by molar-refractivity contribution is 7.80. The molecule has 3 N–H and O–H groups in total. The number of pyridine rings is 1. The lowest BCUT2D eigenvalue weighted by molar-refractivity contribution is -0.130. The first-order chi connectivity index (χ1) is 8.08. The molecule has 0 radical (unpaired) electrons. The molecule has 0 aliphatic carbocycles. The fourth-order valence-corrected chi connectivity index (χ4v) is 1.81. The molecule has 6 nitrogen and oxygen atoms in total. The lowest BCUT2D eigenvalue weighted by Crippen LogP contribution is -2.52. The van der Waals surface area contributed by atoms with Gasteiger partial charge in [-0.15, -0.1) is 0 Å². The normalized spacial score (nSPS) is 15.6. The summed E-state index contributed by atoms with van der Waals surface area (Å²) in [7, 11) is 0. The number of rotatable bonds is 2. The van der Waals surface area contributed by atoms with E-state index in [1.807, 2.05) is 0 Å². The average Bonchev–Trinajstić information content (AvgIpc) is 2.27. The van der Waals surface area contributed by atoms with Gasteiger partial charge >= 0.3 is 0 Å². The Morgan fingerprint density at radius 2 is 2.06 bits per heavy atom. The fraction of sp³-hybridized carbons (Fsp3) is 0.200. The van der Waals surface area contributed by atoms with Crippen molar-refractivity contribution in [2.24, 2.45) is 5.73 Å². The quantitative estimate of drug-likeness (QED) is 0.526. The van der Waals surface area contributed by atoms with Crippen molar-refractivity contribution in [3.05, 3.63) is 24.0 Å². The van der Waals surface area contributed by atoms with Gasteiger partial charge in [0.25, 0.3) is 0 Å². The van der Waals surface area contributed by atoms with Crippen LogP contribution in [0.4, 0.5) is 5.69 Å². The molecule has 7 heteroatoms. The zero-order valence-corrected chi connectivity index (χ0v) is 9.66. The summed E-state index contributed by atoms with van der Waals surface area (Å²) in [5.41, 5.74) is 6.57. The largest absolute Gasteiger partial charge is 0.388 e. The van der Waals surface area contributed by atoms with Gasteiger partial charge in [-0.2, -0.15) is 0 Å². The Balaban J connectivity index is 2.36. The van der Waals surface area contributed by atoms with E-state index in [0.717, 1.165) is 0 Å². The fourth-order valence-electron chi connectivity index (χ4n) is 1.65. The molecule has 1 aliphatic rings. The molecule has 2 rings (SSSR count). The number of hydrogen-bond acceptors (Lipinski definition) is 5. The van der Waals surface area contributed by atoms with Gasteiger partial charge in [-0.1, -0.05) is 12.2 Å². The van der Waals surface area contributed by atoms with Crippen molar-refractivity contribution in [1.82, 2.24) is 10.3 Å². The van der Waals surface area contributed by atoms with Gasteiger partial charge in [0.2, 0.25) is 11.8 Å². The van der Waals surface area contributed by atoms with Crippen molar-refractivity contribution >= 4 is 34.7 Å². The summed E-state index contributed by atoms with van der Waals surface area (Å²) in [6, 6.07) is 3.43. The Morgan fingerprint density at radius 3 is 2.65 bits per heavy atom. The number of nitrogens with two attached hydrogens (primary N) is 1. The molecule has 0 aromatic carbocycles. The second-order valence-electron chi connectivity index (χ2n) is 3.56. The topological polar surface area (TPSA) is 88.3 Å². The van der Waals surface area contributed by atoms with Crippen LogP contribution in [-0.2, 0) is 9.59 Å². The number of anilines is 1. The van der Waals surface area contributed by atoms with E-state index in [1.165, 1.54) is 0 Å². The van der Waals surface area contributed by atoms with Crippen LogP contribution in [0.25, 0.3) is 0 Å². The number of carbonyl (C=O) groups is 2. The molecule has 0 atom stereocenters. The summed E-state index contributed by atoms with van der Waals surface area (Å²) in [6.45, 7) is 0.181. The van der Waals surface area contributed by atoms with E-state index in [0.29, 0.717) is 11.4 Å². The zero-order chi connectivity index (χ0) is 12.4. The molecule has 0 unspecified atom stereocenters. The van der Waals surface area contributed by atoms with Gasteiger partial charge in [-0.05, 0) is 12.1 Å². The second kappa shape index (κ2) is 4.46. The molecule has 1 saturated heterocycles. The summed E-state index contributed by atoms with van der Waals surface area (Å²) >= 11 is 4.88. The molecule has 1 aromatic rings. The minimum atomic E-state index is -0.348. The highest BCUT2D eigenvalue weighted by atomic mass is 32.1. The van der Waals surface area contributed by atoms with Crippen LogP contribution in [0.5, 0.6) is 0 Å². The Morgan fingerprint density at radius 1 is 1.41 bits per heavy atom. The summed E-state index contributed by atoms with van der Waals surface area (Å²) in [4.78, 5) is 28.4. The molecular weight excluding hydrogens is 240 g/mol. The minimum absolute atomic E-state index is 0.0903. The number of thiocarbonyl (C=S) groups is 1. The molecule has 1 aliphatic heterocycles. The van der Waals surface area contributed by atoms with Crippen LogP contribution in [0, 0.1) is 0 Å².